The van der Waals surface area contributed by atoms with Crippen molar-refractivity contribution in [3.63, 3.8) is 0 Å². The second-order valence-electron chi connectivity index (χ2n) is 4.15. The van der Waals surface area contributed by atoms with Crippen LogP contribution in [0.1, 0.15) is 15.6 Å². The number of sulfone groups is 1. The van der Waals surface area contributed by atoms with Crippen molar-refractivity contribution in [2.24, 2.45) is 0 Å². The lowest BCUT2D eigenvalue weighted by Crippen LogP contribution is -2.18. The van der Waals surface area contributed by atoms with Crippen molar-refractivity contribution in [3.8, 4) is 0 Å². The number of hydrogen-bond acceptors (Lipinski definition) is 7. The third-order valence-corrected chi connectivity index (χ3v) is 4.34. The lowest BCUT2D eigenvalue weighted by Gasteiger charge is -2.03. The molecule has 6 nitrogen and oxygen atoms in total. The van der Waals surface area contributed by atoms with Crippen LogP contribution in [0, 0.1) is 0 Å². The monoisotopic (exact) mass is 308 g/mol. The zero-order valence-corrected chi connectivity index (χ0v) is 13.1. The van der Waals surface area contributed by atoms with E-state index in [0.29, 0.717) is 24.8 Å². The highest BCUT2D eigenvalue weighted by atomic mass is 32.2. The highest BCUT2D eigenvalue weighted by Gasteiger charge is 2.14. The Balaban J connectivity index is 2.71. The summed E-state index contributed by atoms with van der Waals surface area (Å²) in [6, 6.07) is 0. The van der Waals surface area contributed by atoms with Crippen LogP contribution in [-0.2, 0) is 38.2 Å². The van der Waals surface area contributed by atoms with E-state index in [1.165, 1.54) is 17.6 Å². The summed E-state index contributed by atoms with van der Waals surface area (Å²) in [7, 11) is 0.185. The lowest BCUT2D eigenvalue weighted by atomic mass is 10.3. The summed E-state index contributed by atoms with van der Waals surface area (Å²) in [6.07, 6.45) is 1.21. The molecule has 19 heavy (non-hydrogen) atoms. The molecule has 1 N–H and O–H groups in total. The Labute approximate surface area is 118 Å². The summed E-state index contributed by atoms with van der Waals surface area (Å²) in [5.41, 5.74) is 0.802. The Morgan fingerprint density at radius 1 is 1.32 bits per heavy atom. The lowest BCUT2D eigenvalue weighted by molar-refractivity contribution is 0.180. The molecule has 1 heterocycles. The molecule has 1 rings (SSSR count). The van der Waals surface area contributed by atoms with E-state index in [0.717, 1.165) is 17.1 Å². The molecule has 0 saturated carbocycles. The number of rotatable bonds is 9. The molecule has 0 atom stereocenters. The fraction of sp³-hybridized carbons (Fsp3) is 0.727. The van der Waals surface area contributed by atoms with Gasteiger partial charge in [-0.25, -0.2) is 13.4 Å². The minimum absolute atomic E-state index is 0.0214. The normalized spacial score (nSPS) is 11.9. The van der Waals surface area contributed by atoms with E-state index in [9.17, 15) is 8.42 Å². The first-order valence-corrected chi connectivity index (χ1v) is 8.67. The molecule has 1 aromatic heterocycles. The third-order valence-electron chi connectivity index (χ3n) is 2.26. The number of thiazole rings is 1. The molecule has 0 bridgehead atoms. The number of ether oxygens (including phenoxy) is 2. The number of hydrogen-bond donors (Lipinski definition) is 1. The first kappa shape index (κ1) is 16.5. The van der Waals surface area contributed by atoms with Gasteiger partial charge in [-0.1, -0.05) is 0 Å². The summed E-state index contributed by atoms with van der Waals surface area (Å²) in [5, 5.41) is 3.83. The number of nitrogens with zero attached hydrogens (tertiary/aromatic N) is 1. The molecule has 0 aliphatic carbocycles. The van der Waals surface area contributed by atoms with Crippen molar-refractivity contribution in [3.05, 3.63) is 15.6 Å². The Morgan fingerprint density at radius 3 is 2.63 bits per heavy atom. The van der Waals surface area contributed by atoms with Crippen molar-refractivity contribution in [2.75, 3.05) is 33.6 Å². The van der Waals surface area contributed by atoms with Gasteiger partial charge < -0.3 is 14.8 Å². The van der Waals surface area contributed by atoms with E-state index in [4.69, 9.17) is 9.47 Å². The summed E-state index contributed by atoms with van der Waals surface area (Å²) < 4.78 is 32.6. The van der Waals surface area contributed by atoms with Crippen molar-refractivity contribution in [2.45, 2.75) is 18.9 Å². The fourth-order valence-corrected chi connectivity index (χ4v) is 3.71. The van der Waals surface area contributed by atoms with Crippen LogP contribution >= 0.6 is 11.3 Å². The first-order chi connectivity index (χ1) is 8.96. The van der Waals surface area contributed by atoms with Gasteiger partial charge in [0, 0.05) is 38.4 Å². The van der Waals surface area contributed by atoms with E-state index in [1.807, 2.05) is 0 Å². The highest BCUT2D eigenvalue weighted by molar-refractivity contribution is 7.90. The maximum Gasteiger partial charge on any atom is 0.153 e. The molecule has 0 radical (unpaired) electrons. The molecule has 1 aromatic rings. The zero-order valence-electron chi connectivity index (χ0n) is 11.4. The molecule has 0 fully saturated rings. The Morgan fingerprint density at radius 2 is 2.05 bits per heavy atom. The number of nitrogens with one attached hydrogen (secondary N) is 1. The molecule has 0 aliphatic heterocycles. The second kappa shape index (κ2) is 7.91. The average molecular weight is 308 g/mol. The molecular formula is C11H20N2O4S2. The number of aromatic nitrogens is 1. The predicted molar refractivity (Wildman–Crippen MR) is 75.0 cm³/mol. The van der Waals surface area contributed by atoms with Crippen LogP contribution in [0.2, 0.25) is 0 Å². The number of methoxy groups -OCH3 is 2. The van der Waals surface area contributed by atoms with E-state index in [2.05, 4.69) is 10.3 Å². The molecule has 8 heteroatoms. The van der Waals surface area contributed by atoms with Gasteiger partial charge >= 0.3 is 0 Å². The fourth-order valence-electron chi connectivity index (χ4n) is 1.49. The van der Waals surface area contributed by atoms with Gasteiger partial charge in [-0.15, -0.1) is 11.3 Å². The molecule has 0 aliphatic rings. The van der Waals surface area contributed by atoms with Gasteiger partial charge in [-0.2, -0.15) is 0 Å². The van der Waals surface area contributed by atoms with Crippen molar-refractivity contribution in [1.82, 2.24) is 10.3 Å². The standard InChI is InChI=1S/C11H20N2O4S2/c1-16-5-4-12-6-10-9(7-17-2)13-11(18-10)8-19(3,14)15/h12H,4-8H2,1-3H3. The van der Waals surface area contributed by atoms with Crippen LogP contribution in [0.3, 0.4) is 0 Å². The van der Waals surface area contributed by atoms with E-state index >= 15 is 0 Å². The van der Waals surface area contributed by atoms with Gasteiger partial charge in [0.2, 0.25) is 0 Å². The molecule has 0 saturated heterocycles. The van der Waals surface area contributed by atoms with Crippen LogP contribution in [0.4, 0.5) is 0 Å². The average Bonchev–Trinajstić information content (AvgIpc) is 2.65. The van der Waals surface area contributed by atoms with Gasteiger partial charge in [0.1, 0.15) is 10.8 Å². The van der Waals surface area contributed by atoms with Crippen molar-refractivity contribution >= 4 is 21.2 Å². The smallest absolute Gasteiger partial charge is 0.153 e. The summed E-state index contributed by atoms with van der Waals surface area (Å²) in [4.78, 5) is 5.34. The summed E-state index contributed by atoms with van der Waals surface area (Å²) in [6.45, 7) is 2.40. The van der Waals surface area contributed by atoms with Crippen LogP contribution in [-0.4, -0.2) is 47.0 Å². The summed E-state index contributed by atoms with van der Waals surface area (Å²) >= 11 is 1.41. The molecular weight excluding hydrogens is 288 g/mol. The second-order valence-corrected chi connectivity index (χ2v) is 7.46. The first-order valence-electron chi connectivity index (χ1n) is 5.80. The minimum Gasteiger partial charge on any atom is -0.383 e. The molecule has 0 unspecified atom stereocenters. The van der Waals surface area contributed by atoms with Gasteiger partial charge in [0.05, 0.1) is 18.9 Å². The maximum atomic E-state index is 11.3. The maximum absolute atomic E-state index is 11.3. The molecule has 0 spiro atoms. The van der Waals surface area contributed by atoms with E-state index in [-0.39, 0.29) is 5.75 Å². The molecule has 110 valence electrons. The Kier molecular flexibility index (Phi) is 6.87. The van der Waals surface area contributed by atoms with Crippen LogP contribution in [0.5, 0.6) is 0 Å². The largest absolute Gasteiger partial charge is 0.383 e. The van der Waals surface area contributed by atoms with Gasteiger partial charge in [0.25, 0.3) is 0 Å². The minimum atomic E-state index is -3.06. The Bertz CT molecular complexity index is 485. The van der Waals surface area contributed by atoms with Gasteiger partial charge in [-0.3, -0.25) is 0 Å². The van der Waals surface area contributed by atoms with Gasteiger partial charge in [-0.05, 0) is 0 Å². The predicted octanol–water partition coefficient (Wildman–Crippen LogP) is 0.570. The van der Waals surface area contributed by atoms with Crippen LogP contribution < -0.4 is 5.32 Å². The Hall–Kier alpha value is -0.540. The van der Waals surface area contributed by atoms with E-state index in [1.54, 1.807) is 14.2 Å². The SMILES string of the molecule is COCCNCc1sc(CS(C)(=O)=O)nc1COC. The van der Waals surface area contributed by atoms with Gasteiger partial charge in [0.15, 0.2) is 9.84 Å². The topological polar surface area (TPSA) is 77.5 Å². The van der Waals surface area contributed by atoms with Crippen LogP contribution in [0.15, 0.2) is 0 Å². The molecule has 0 amide bonds. The van der Waals surface area contributed by atoms with Crippen molar-refractivity contribution in [1.29, 1.82) is 0 Å². The van der Waals surface area contributed by atoms with E-state index < -0.39 is 9.84 Å². The van der Waals surface area contributed by atoms with Crippen molar-refractivity contribution < 1.29 is 17.9 Å². The quantitative estimate of drug-likeness (QED) is 0.672. The van der Waals surface area contributed by atoms with Crippen LogP contribution in [0.25, 0.3) is 0 Å². The third kappa shape index (κ3) is 6.44. The highest BCUT2D eigenvalue weighted by Crippen LogP contribution is 2.21. The molecule has 0 aromatic carbocycles. The summed E-state index contributed by atoms with van der Waals surface area (Å²) in [5.74, 6) is -0.0214. The zero-order chi connectivity index (χ0) is 14.3.